The Hall–Kier alpha value is -1.86. The van der Waals surface area contributed by atoms with Gasteiger partial charge in [-0.25, -0.2) is 18.1 Å². The molecule has 7 heteroatoms. The second kappa shape index (κ2) is 6.28. The number of hydrogen-bond acceptors (Lipinski definition) is 4. The van der Waals surface area contributed by atoms with Gasteiger partial charge in [0.15, 0.2) is 0 Å². The van der Waals surface area contributed by atoms with Crippen LogP contribution in [0, 0.1) is 6.92 Å². The maximum absolute atomic E-state index is 12.4. The van der Waals surface area contributed by atoms with Crippen LogP contribution < -0.4 is 9.46 Å². The van der Waals surface area contributed by atoms with Gasteiger partial charge in [0.2, 0.25) is 10.0 Å². The van der Waals surface area contributed by atoms with Crippen LogP contribution in [0.2, 0.25) is 0 Å². The fourth-order valence-electron chi connectivity index (χ4n) is 1.98. The highest BCUT2D eigenvalue weighted by molar-refractivity contribution is 7.89. The van der Waals surface area contributed by atoms with Gasteiger partial charge in [-0.05, 0) is 44.5 Å². The summed E-state index contributed by atoms with van der Waals surface area (Å²) in [7, 11) is -3.61. The third-order valence-corrected chi connectivity index (χ3v) is 4.56. The molecule has 0 amide bonds. The Bertz CT molecular complexity index is 696. The number of ether oxygens (including phenoxy) is 1. The van der Waals surface area contributed by atoms with E-state index < -0.39 is 16.1 Å². The number of H-pyrrole nitrogens is 1. The Morgan fingerprint density at radius 3 is 2.76 bits per heavy atom. The number of aromatic amines is 1. The molecule has 6 nitrogen and oxygen atoms in total. The summed E-state index contributed by atoms with van der Waals surface area (Å²) in [5, 5.41) is 0. The van der Waals surface area contributed by atoms with Crippen molar-refractivity contribution in [2.45, 2.75) is 31.7 Å². The summed E-state index contributed by atoms with van der Waals surface area (Å²) in [6.45, 7) is 5.98. The van der Waals surface area contributed by atoms with E-state index in [0.717, 1.165) is 5.56 Å². The number of aromatic nitrogens is 2. The van der Waals surface area contributed by atoms with Crippen molar-refractivity contribution in [3.05, 3.63) is 42.0 Å². The lowest BCUT2D eigenvalue weighted by molar-refractivity contribution is 0.337. The molecule has 2 aromatic rings. The summed E-state index contributed by atoms with van der Waals surface area (Å²) in [4.78, 5) is 7.15. The molecule has 0 aliphatic heterocycles. The molecular weight excluding hydrogens is 290 g/mol. The number of nitrogens with zero attached hydrogens (tertiary/aromatic N) is 1. The highest BCUT2D eigenvalue weighted by Crippen LogP contribution is 2.22. The molecule has 0 bridgehead atoms. The summed E-state index contributed by atoms with van der Waals surface area (Å²) < 4.78 is 32.7. The quantitative estimate of drug-likeness (QED) is 0.856. The SMILES string of the molecule is CCOc1ccc(S(=O)(=O)NC(C)c2ncc[nH]2)cc1C. The van der Waals surface area contributed by atoms with E-state index in [1.54, 1.807) is 31.5 Å². The Labute approximate surface area is 124 Å². The van der Waals surface area contributed by atoms with E-state index in [0.29, 0.717) is 18.2 Å². The highest BCUT2D eigenvalue weighted by Gasteiger charge is 2.20. The molecule has 1 aromatic carbocycles. The molecule has 0 spiro atoms. The van der Waals surface area contributed by atoms with Crippen molar-refractivity contribution in [2.75, 3.05) is 6.61 Å². The van der Waals surface area contributed by atoms with Crippen molar-refractivity contribution in [3.63, 3.8) is 0 Å². The minimum Gasteiger partial charge on any atom is -0.494 e. The lowest BCUT2D eigenvalue weighted by atomic mass is 10.2. The molecule has 0 aliphatic carbocycles. The van der Waals surface area contributed by atoms with Crippen molar-refractivity contribution in [3.8, 4) is 5.75 Å². The van der Waals surface area contributed by atoms with E-state index in [1.807, 2.05) is 13.8 Å². The van der Waals surface area contributed by atoms with Crippen LogP contribution in [0.3, 0.4) is 0 Å². The smallest absolute Gasteiger partial charge is 0.241 e. The van der Waals surface area contributed by atoms with Gasteiger partial charge < -0.3 is 9.72 Å². The Kier molecular flexibility index (Phi) is 4.64. The molecule has 0 fully saturated rings. The molecule has 0 radical (unpaired) electrons. The lowest BCUT2D eigenvalue weighted by Crippen LogP contribution is -2.27. The number of aryl methyl sites for hydroxylation is 1. The lowest BCUT2D eigenvalue weighted by Gasteiger charge is -2.14. The van der Waals surface area contributed by atoms with Crippen molar-refractivity contribution in [1.29, 1.82) is 0 Å². The van der Waals surface area contributed by atoms with Gasteiger partial charge in [-0.15, -0.1) is 0 Å². The zero-order chi connectivity index (χ0) is 15.5. The first-order chi connectivity index (χ1) is 9.94. The average molecular weight is 309 g/mol. The third kappa shape index (κ3) is 3.62. The molecular formula is C14H19N3O3S. The fraction of sp³-hybridized carbons (Fsp3) is 0.357. The van der Waals surface area contributed by atoms with Crippen LogP contribution in [0.5, 0.6) is 5.75 Å². The first kappa shape index (κ1) is 15.5. The Morgan fingerprint density at radius 1 is 1.43 bits per heavy atom. The van der Waals surface area contributed by atoms with Crippen LogP contribution in [-0.4, -0.2) is 25.0 Å². The summed E-state index contributed by atoms with van der Waals surface area (Å²) in [6, 6.07) is 4.37. The highest BCUT2D eigenvalue weighted by atomic mass is 32.2. The van der Waals surface area contributed by atoms with Crippen LogP contribution >= 0.6 is 0 Å². The molecule has 2 rings (SSSR count). The normalized spacial score (nSPS) is 13.1. The monoisotopic (exact) mass is 309 g/mol. The molecule has 1 atom stereocenters. The molecule has 0 saturated carbocycles. The van der Waals surface area contributed by atoms with Gasteiger partial charge in [0, 0.05) is 12.4 Å². The molecule has 2 N–H and O–H groups in total. The van der Waals surface area contributed by atoms with Gasteiger partial charge in [0.05, 0.1) is 17.5 Å². The molecule has 0 saturated heterocycles. The maximum Gasteiger partial charge on any atom is 0.241 e. The van der Waals surface area contributed by atoms with Crippen LogP contribution in [0.15, 0.2) is 35.5 Å². The van der Waals surface area contributed by atoms with Crippen molar-refractivity contribution in [2.24, 2.45) is 0 Å². The molecule has 21 heavy (non-hydrogen) atoms. The predicted octanol–water partition coefficient (Wildman–Crippen LogP) is 2.16. The van der Waals surface area contributed by atoms with E-state index in [4.69, 9.17) is 4.74 Å². The molecule has 114 valence electrons. The third-order valence-electron chi connectivity index (χ3n) is 3.02. The first-order valence-electron chi connectivity index (χ1n) is 6.69. The maximum atomic E-state index is 12.4. The number of hydrogen-bond donors (Lipinski definition) is 2. The standard InChI is InChI=1S/C14H19N3O3S/c1-4-20-13-6-5-12(9-10(13)2)21(18,19)17-11(3)14-15-7-8-16-14/h5-9,11,17H,4H2,1-3H3,(H,15,16). The number of benzene rings is 1. The molecule has 0 aliphatic rings. The predicted molar refractivity (Wildman–Crippen MR) is 79.7 cm³/mol. The van der Waals surface area contributed by atoms with E-state index in [9.17, 15) is 8.42 Å². The second-order valence-corrected chi connectivity index (χ2v) is 6.39. The van der Waals surface area contributed by atoms with Crippen LogP contribution in [-0.2, 0) is 10.0 Å². The molecule has 1 aromatic heterocycles. The van der Waals surface area contributed by atoms with Crippen molar-refractivity contribution in [1.82, 2.24) is 14.7 Å². The topological polar surface area (TPSA) is 84.1 Å². The van der Waals surface area contributed by atoms with Crippen LogP contribution in [0.25, 0.3) is 0 Å². The second-order valence-electron chi connectivity index (χ2n) is 4.68. The summed E-state index contributed by atoms with van der Waals surface area (Å²) >= 11 is 0. The van der Waals surface area contributed by atoms with E-state index in [1.165, 1.54) is 6.07 Å². The average Bonchev–Trinajstić information content (AvgIpc) is 2.95. The zero-order valence-corrected chi connectivity index (χ0v) is 13.1. The Morgan fingerprint density at radius 2 is 2.19 bits per heavy atom. The van der Waals surface area contributed by atoms with E-state index in [-0.39, 0.29) is 4.90 Å². The van der Waals surface area contributed by atoms with Gasteiger partial charge >= 0.3 is 0 Å². The largest absolute Gasteiger partial charge is 0.494 e. The van der Waals surface area contributed by atoms with Gasteiger partial charge in [0.25, 0.3) is 0 Å². The first-order valence-corrected chi connectivity index (χ1v) is 8.17. The summed E-state index contributed by atoms with van der Waals surface area (Å²) in [6.07, 6.45) is 3.24. The Balaban J connectivity index is 2.21. The molecule has 1 heterocycles. The van der Waals surface area contributed by atoms with Gasteiger partial charge in [-0.1, -0.05) is 0 Å². The van der Waals surface area contributed by atoms with Crippen molar-refractivity contribution >= 4 is 10.0 Å². The van der Waals surface area contributed by atoms with Crippen molar-refractivity contribution < 1.29 is 13.2 Å². The molecule has 1 unspecified atom stereocenters. The van der Waals surface area contributed by atoms with Crippen LogP contribution in [0.1, 0.15) is 31.3 Å². The van der Waals surface area contributed by atoms with E-state index >= 15 is 0 Å². The minimum atomic E-state index is -3.61. The zero-order valence-electron chi connectivity index (χ0n) is 12.3. The fourth-order valence-corrected chi connectivity index (χ4v) is 3.27. The minimum absolute atomic E-state index is 0.210. The van der Waals surface area contributed by atoms with Gasteiger partial charge in [-0.2, -0.15) is 0 Å². The number of imidazole rings is 1. The summed E-state index contributed by atoms with van der Waals surface area (Å²) in [5.41, 5.74) is 0.783. The van der Waals surface area contributed by atoms with Gasteiger partial charge in [-0.3, -0.25) is 0 Å². The summed E-state index contributed by atoms with van der Waals surface area (Å²) in [5.74, 6) is 1.26. The van der Waals surface area contributed by atoms with E-state index in [2.05, 4.69) is 14.7 Å². The van der Waals surface area contributed by atoms with Crippen LogP contribution in [0.4, 0.5) is 0 Å². The number of rotatable bonds is 6. The van der Waals surface area contributed by atoms with Gasteiger partial charge in [0.1, 0.15) is 11.6 Å². The number of sulfonamides is 1. The number of nitrogens with one attached hydrogen (secondary N) is 2.